The van der Waals surface area contributed by atoms with Crippen molar-refractivity contribution in [3.05, 3.63) is 270 Å². The minimum Gasteiger partial charge on any atom is -0.399 e. The first-order valence-electron chi connectivity index (χ1n) is 22.3. The maximum Gasteiger partial charge on any atom is 0.121 e. The van der Waals surface area contributed by atoms with Gasteiger partial charge in [0.05, 0.1) is 22.8 Å². The fourth-order valence-corrected chi connectivity index (χ4v) is 6.88. The average Bonchev–Trinajstić information content (AvgIpc) is 3.41. The summed E-state index contributed by atoms with van der Waals surface area (Å²) < 4.78 is 3.46. The summed E-state index contributed by atoms with van der Waals surface area (Å²) >= 11 is 12.6. The summed E-state index contributed by atoms with van der Waals surface area (Å²) in [5.74, 6) is 0. The zero-order valence-electron chi connectivity index (χ0n) is 39.6. The van der Waals surface area contributed by atoms with Crippen LogP contribution in [0.25, 0.3) is 45.0 Å². The molecule has 4 aromatic heterocycles. The molecule has 6 nitrogen and oxygen atoms in total. The molecule has 12 heteroatoms. The summed E-state index contributed by atoms with van der Waals surface area (Å²) in [5, 5.41) is 0. The minimum atomic E-state index is 0. The van der Waals surface area contributed by atoms with E-state index in [2.05, 4.69) is 229 Å². The quantitative estimate of drug-likeness (QED) is 0.0741. The average molecular weight is 1510 g/mol. The number of para-hydroxylation sites is 2. The van der Waals surface area contributed by atoms with E-state index in [1.807, 2.05) is 176 Å². The number of rotatable bonds is 7. The monoisotopic (exact) mass is 1510 g/mol. The van der Waals surface area contributed by atoms with Gasteiger partial charge in [0.2, 0.25) is 0 Å². The van der Waals surface area contributed by atoms with E-state index in [-0.39, 0.29) is 26.0 Å². The number of pyridine rings is 4. The third kappa shape index (κ3) is 24.2. The number of nitrogens with two attached hydrogens (primary N) is 1. The van der Waals surface area contributed by atoms with E-state index < -0.39 is 0 Å². The molecule has 10 rings (SSSR count). The molecule has 371 valence electrons. The number of nitrogens with zero attached hydrogens (tertiary/aromatic N) is 5. The SMILES string of the molecule is Brc1cccc(-c2ccccn2)c1.C.CC(I)(I)I.C[CH-]I.Nc1ccccc1.[V].c1ccc(-c2ccccn2)cc1.c1ccc(N(c2cccc(-c3ccccn3)c2)c2cccc(-c3ccccn3)c2)cc1. The number of hydrogen-bond donors (Lipinski definition) is 1. The Labute approximate surface area is 508 Å². The molecule has 2 N–H and O–H groups in total. The van der Waals surface area contributed by atoms with Gasteiger partial charge in [0.25, 0.3) is 0 Å². The smallest absolute Gasteiger partial charge is 0.121 e. The van der Waals surface area contributed by atoms with Crippen LogP contribution in [0.4, 0.5) is 22.7 Å². The molecule has 0 aliphatic rings. The van der Waals surface area contributed by atoms with Crippen molar-refractivity contribution in [1.82, 2.24) is 19.9 Å². The Balaban J connectivity index is 0.000000276. The van der Waals surface area contributed by atoms with Crippen molar-refractivity contribution >= 4 is 129 Å². The topological polar surface area (TPSA) is 80.8 Å². The predicted octanol–water partition coefficient (Wildman–Crippen LogP) is 20.0. The molecule has 4 heterocycles. The third-order valence-electron chi connectivity index (χ3n) is 9.46. The van der Waals surface area contributed by atoms with Crippen LogP contribution in [0.15, 0.2) is 266 Å². The van der Waals surface area contributed by atoms with E-state index >= 15 is 0 Å². The Kier molecular flexibility index (Phi) is 30.7. The van der Waals surface area contributed by atoms with Crippen LogP contribution in [0.2, 0.25) is 0 Å². The zero-order valence-corrected chi connectivity index (χ0v) is 51.2. The Morgan fingerprint density at radius 1 is 0.425 bits per heavy atom. The molecular formula is C61H56BrI4N6V-. The summed E-state index contributed by atoms with van der Waals surface area (Å²) in [5.41, 5.74) is 17.8. The van der Waals surface area contributed by atoms with Crippen LogP contribution in [0.1, 0.15) is 21.3 Å². The maximum absolute atomic E-state index is 5.36. The van der Waals surface area contributed by atoms with Crippen molar-refractivity contribution in [2.45, 2.75) is 20.7 Å². The molecule has 0 spiro atoms. The van der Waals surface area contributed by atoms with Crippen LogP contribution in [0.3, 0.4) is 0 Å². The number of halogens is 5. The molecule has 0 aliphatic heterocycles. The Hall–Kier alpha value is -4.50. The molecule has 1 radical (unpaired) electrons. The summed E-state index contributed by atoms with van der Waals surface area (Å²) in [7, 11) is 0. The van der Waals surface area contributed by atoms with Crippen LogP contribution in [-0.4, -0.2) is 19.4 Å². The summed E-state index contributed by atoms with van der Waals surface area (Å²) in [6, 6.07) is 79.0. The molecule has 0 amide bonds. The molecule has 0 bridgehead atoms. The number of aromatic nitrogens is 4. The van der Waals surface area contributed by atoms with Gasteiger partial charge in [-0.25, -0.2) is 0 Å². The van der Waals surface area contributed by atoms with Crippen LogP contribution < -0.4 is 10.6 Å². The standard InChI is InChI=1S/C28H21N3.C11H8BrN.C11H9N.C6H7N.C2H3I3.C2H4I.CH4.V/c1-2-12-24(13-3-1)31(25-14-8-10-22(20-25)27-16-4-6-18-29-27)26-15-9-11-23(21-26)28-17-5-7-19-30-28;12-10-5-3-4-9(8-10)11-6-1-2-7-13-11;1-2-6-10(7-3-1)11-8-4-5-9-12-11;7-6-4-2-1-3-5-6;1-2(3,4)5;1-2-3;;/h1-21H;1-8H;1-9H;1-5H,7H2;1H3;2H,1H3;1H4;/q;;;;;-1;;. The van der Waals surface area contributed by atoms with E-state index in [0.717, 1.165) is 72.3 Å². The fourth-order valence-electron chi connectivity index (χ4n) is 6.48. The second-order valence-electron chi connectivity index (χ2n) is 14.9. The van der Waals surface area contributed by atoms with Crippen molar-refractivity contribution in [1.29, 1.82) is 0 Å². The molecule has 0 saturated heterocycles. The van der Waals surface area contributed by atoms with E-state index in [1.165, 1.54) is 0 Å². The second kappa shape index (κ2) is 35.7. The van der Waals surface area contributed by atoms with Crippen LogP contribution in [-0.2, 0) is 18.6 Å². The molecular weight excluding hydrogens is 1460 g/mol. The van der Waals surface area contributed by atoms with Gasteiger partial charge >= 0.3 is 0 Å². The third-order valence-corrected chi connectivity index (χ3v) is 9.96. The fraction of sp³-hybridized carbons (Fsp3) is 0.0656. The van der Waals surface area contributed by atoms with Crippen molar-refractivity contribution in [2.75, 3.05) is 10.6 Å². The number of benzene rings is 6. The Morgan fingerprint density at radius 2 is 0.712 bits per heavy atom. The van der Waals surface area contributed by atoms with Gasteiger partial charge in [-0.2, -0.15) is 6.92 Å². The molecule has 0 fully saturated rings. The van der Waals surface area contributed by atoms with Gasteiger partial charge in [-0.15, -0.1) is 0 Å². The first-order valence-corrected chi connectivity index (χ1v) is 27.6. The molecule has 0 atom stereocenters. The van der Waals surface area contributed by atoms with E-state index in [9.17, 15) is 0 Å². The van der Waals surface area contributed by atoms with Crippen molar-refractivity contribution in [3.63, 3.8) is 0 Å². The summed E-state index contributed by atoms with van der Waals surface area (Å²) in [4.78, 5) is 19.8. The van der Waals surface area contributed by atoms with E-state index in [1.54, 1.807) is 6.20 Å². The first-order chi connectivity index (χ1) is 34.5. The summed E-state index contributed by atoms with van der Waals surface area (Å²) in [6.07, 6.45) is 7.26. The van der Waals surface area contributed by atoms with Gasteiger partial charge in [-0.1, -0.05) is 219 Å². The molecule has 0 unspecified atom stereocenters. The Bertz CT molecular complexity index is 2860. The second-order valence-corrected chi connectivity index (χ2v) is 29.7. The molecule has 6 aromatic carbocycles. The van der Waals surface area contributed by atoms with Gasteiger partial charge in [0.15, 0.2) is 0 Å². The number of hydrogen-bond acceptors (Lipinski definition) is 6. The predicted molar refractivity (Wildman–Crippen MR) is 347 cm³/mol. The van der Waals surface area contributed by atoms with Gasteiger partial charge < -0.3 is 33.2 Å². The Morgan fingerprint density at radius 3 is 1.04 bits per heavy atom. The maximum atomic E-state index is 5.36. The van der Waals surface area contributed by atoms with Gasteiger partial charge in [-0.05, 0) is 116 Å². The van der Waals surface area contributed by atoms with Crippen molar-refractivity contribution in [2.24, 2.45) is 0 Å². The van der Waals surface area contributed by atoms with E-state index in [0.29, 0.717) is -0.565 Å². The molecule has 73 heavy (non-hydrogen) atoms. The van der Waals surface area contributed by atoms with Crippen LogP contribution in [0.5, 0.6) is 0 Å². The minimum absolute atomic E-state index is 0. The first kappa shape index (κ1) is 62.8. The van der Waals surface area contributed by atoms with Crippen LogP contribution >= 0.6 is 106 Å². The number of anilines is 4. The summed E-state index contributed by atoms with van der Waals surface area (Å²) in [6.45, 7) is 4.13. The van der Waals surface area contributed by atoms with Gasteiger partial charge in [0, 0.05) is 92.8 Å². The normalized spacial score (nSPS) is 9.74. The molecule has 0 aliphatic carbocycles. The molecule has 10 aromatic rings. The van der Waals surface area contributed by atoms with E-state index in [4.69, 9.17) is 5.73 Å². The number of nitrogen functional groups attached to an aromatic ring is 1. The number of alkyl halides is 3. The largest absolute Gasteiger partial charge is 0.399 e. The zero-order chi connectivity index (χ0) is 50.5. The van der Waals surface area contributed by atoms with Gasteiger partial charge in [0.1, 0.15) is -0.565 Å². The van der Waals surface area contributed by atoms with Crippen LogP contribution in [0, 0.1) is 4.43 Å². The van der Waals surface area contributed by atoms with Crippen molar-refractivity contribution in [3.8, 4) is 45.0 Å². The molecule has 0 saturated carbocycles. The van der Waals surface area contributed by atoms with Gasteiger partial charge in [-0.3, -0.25) is 24.4 Å². The van der Waals surface area contributed by atoms with Crippen molar-refractivity contribution < 1.29 is 18.6 Å².